The number of hydrogen-bond acceptors (Lipinski definition) is 3. The first-order valence-electron chi connectivity index (χ1n) is 6.95. The molecular formula is C16H17Cl2N3O2. The Bertz CT molecular complexity index is 726. The smallest absolute Gasteiger partial charge is 0.269 e. The number of halogens is 2. The number of nitrogens with one attached hydrogen (secondary N) is 1. The zero-order chi connectivity index (χ0) is 16.8. The van der Waals surface area contributed by atoms with Gasteiger partial charge < -0.3 is 10.1 Å². The Labute approximate surface area is 144 Å². The summed E-state index contributed by atoms with van der Waals surface area (Å²) in [5, 5.41) is 7.43. The zero-order valence-corrected chi connectivity index (χ0v) is 14.4. The van der Waals surface area contributed by atoms with E-state index in [1.807, 2.05) is 31.2 Å². The number of nitrogens with zero attached hydrogens (tertiary/aromatic N) is 2. The van der Waals surface area contributed by atoms with Crippen molar-refractivity contribution >= 4 is 29.1 Å². The normalized spacial score (nSPS) is 11.4. The Morgan fingerprint density at radius 2 is 2.22 bits per heavy atom. The number of benzene rings is 1. The van der Waals surface area contributed by atoms with Crippen molar-refractivity contribution in [3.8, 4) is 5.75 Å². The molecule has 23 heavy (non-hydrogen) atoms. The highest BCUT2D eigenvalue weighted by molar-refractivity contribution is 6.36. The fourth-order valence-electron chi connectivity index (χ4n) is 2.03. The molecule has 7 heteroatoms. The van der Waals surface area contributed by atoms with Crippen LogP contribution in [-0.4, -0.2) is 22.3 Å². The molecule has 2 aromatic rings. The van der Waals surface area contributed by atoms with Crippen LogP contribution in [0.25, 0.3) is 0 Å². The second-order valence-electron chi connectivity index (χ2n) is 4.97. The lowest BCUT2D eigenvalue weighted by molar-refractivity contribution is 0.0941. The van der Waals surface area contributed by atoms with Gasteiger partial charge in [-0.2, -0.15) is 5.10 Å². The van der Waals surface area contributed by atoms with E-state index >= 15 is 0 Å². The van der Waals surface area contributed by atoms with E-state index in [0.29, 0.717) is 23.0 Å². The zero-order valence-electron chi connectivity index (χ0n) is 12.8. The third kappa shape index (κ3) is 5.01. The van der Waals surface area contributed by atoms with Gasteiger partial charge in [-0.05, 0) is 30.7 Å². The SMILES string of the molecule is Cc1cc(C(=O)NCc2cccc(OCC(Cl)=CCl)c2)n(C)n1. The lowest BCUT2D eigenvalue weighted by atomic mass is 10.2. The molecule has 0 aliphatic heterocycles. The Hall–Kier alpha value is -1.98. The lowest BCUT2D eigenvalue weighted by Crippen LogP contribution is -2.25. The fraction of sp³-hybridized carbons (Fsp3) is 0.250. The molecule has 0 fully saturated rings. The van der Waals surface area contributed by atoms with E-state index in [1.165, 1.54) is 5.54 Å². The topological polar surface area (TPSA) is 56.1 Å². The highest BCUT2D eigenvalue weighted by atomic mass is 35.5. The van der Waals surface area contributed by atoms with Crippen molar-refractivity contribution in [3.05, 3.63) is 57.9 Å². The van der Waals surface area contributed by atoms with Crippen molar-refractivity contribution in [2.24, 2.45) is 7.05 Å². The Balaban J connectivity index is 1.95. The molecule has 0 radical (unpaired) electrons. The van der Waals surface area contributed by atoms with Crippen molar-refractivity contribution in [1.82, 2.24) is 15.1 Å². The first-order valence-corrected chi connectivity index (χ1v) is 7.76. The van der Waals surface area contributed by atoms with Crippen LogP contribution in [0.4, 0.5) is 0 Å². The first-order chi connectivity index (χ1) is 11.0. The molecule has 1 amide bonds. The van der Waals surface area contributed by atoms with Crippen LogP contribution in [0.5, 0.6) is 5.75 Å². The van der Waals surface area contributed by atoms with E-state index in [0.717, 1.165) is 11.3 Å². The van der Waals surface area contributed by atoms with Crippen LogP contribution >= 0.6 is 23.2 Å². The minimum absolute atomic E-state index is 0.174. The second-order valence-corrected chi connectivity index (χ2v) is 5.67. The third-order valence-electron chi connectivity index (χ3n) is 3.08. The summed E-state index contributed by atoms with van der Waals surface area (Å²) < 4.78 is 7.06. The summed E-state index contributed by atoms with van der Waals surface area (Å²) >= 11 is 11.3. The fourth-order valence-corrected chi connectivity index (χ4v) is 2.14. The minimum Gasteiger partial charge on any atom is -0.488 e. The van der Waals surface area contributed by atoms with E-state index in [2.05, 4.69) is 10.4 Å². The van der Waals surface area contributed by atoms with Crippen molar-refractivity contribution in [2.75, 3.05) is 6.61 Å². The van der Waals surface area contributed by atoms with E-state index in [4.69, 9.17) is 27.9 Å². The molecule has 1 heterocycles. The number of amides is 1. The number of aromatic nitrogens is 2. The van der Waals surface area contributed by atoms with Crippen LogP contribution in [0.3, 0.4) is 0 Å². The van der Waals surface area contributed by atoms with Gasteiger partial charge in [-0.25, -0.2) is 0 Å². The molecule has 0 saturated carbocycles. The maximum atomic E-state index is 12.1. The summed E-state index contributed by atoms with van der Waals surface area (Å²) in [6.45, 7) is 2.44. The van der Waals surface area contributed by atoms with Gasteiger partial charge in [0.05, 0.1) is 10.7 Å². The summed E-state index contributed by atoms with van der Waals surface area (Å²) in [4.78, 5) is 12.1. The quantitative estimate of drug-likeness (QED) is 0.866. The number of ether oxygens (including phenoxy) is 1. The minimum atomic E-state index is -0.174. The lowest BCUT2D eigenvalue weighted by Gasteiger charge is -2.09. The van der Waals surface area contributed by atoms with E-state index in [1.54, 1.807) is 17.8 Å². The van der Waals surface area contributed by atoms with E-state index in [-0.39, 0.29) is 12.5 Å². The number of rotatable bonds is 6. The number of aryl methyl sites for hydroxylation is 2. The highest BCUT2D eigenvalue weighted by Gasteiger charge is 2.11. The second kappa shape index (κ2) is 8.04. The van der Waals surface area contributed by atoms with Gasteiger partial charge in [0.2, 0.25) is 0 Å². The first kappa shape index (κ1) is 17.4. The van der Waals surface area contributed by atoms with E-state index < -0.39 is 0 Å². The average Bonchev–Trinajstić information content (AvgIpc) is 2.89. The Kier molecular flexibility index (Phi) is 6.07. The highest BCUT2D eigenvalue weighted by Crippen LogP contribution is 2.15. The van der Waals surface area contributed by atoms with Gasteiger partial charge in [-0.1, -0.05) is 35.3 Å². The average molecular weight is 354 g/mol. The van der Waals surface area contributed by atoms with Crippen molar-refractivity contribution < 1.29 is 9.53 Å². The van der Waals surface area contributed by atoms with Crippen LogP contribution in [0, 0.1) is 6.92 Å². The van der Waals surface area contributed by atoms with Gasteiger partial charge in [0.25, 0.3) is 5.91 Å². The molecule has 0 aliphatic carbocycles. The van der Waals surface area contributed by atoms with Gasteiger partial charge in [-0.3, -0.25) is 9.48 Å². The van der Waals surface area contributed by atoms with Crippen LogP contribution in [0.2, 0.25) is 0 Å². The van der Waals surface area contributed by atoms with Crippen molar-refractivity contribution in [2.45, 2.75) is 13.5 Å². The molecule has 1 aromatic carbocycles. The number of carbonyl (C=O) groups is 1. The molecule has 0 atom stereocenters. The van der Waals surface area contributed by atoms with Crippen LogP contribution < -0.4 is 10.1 Å². The summed E-state index contributed by atoms with van der Waals surface area (Å²) in [5.74, 6) is 0.484. The van der Waals surface area contributed by atoms with Gasteiger partial charge in [0.15, 0.2) is 0 Å². The molecule has 1 aromatic heterocycles. The number of hydrogen-bond donors (Lipinski definition) is 1. The predicted octanol–water partition coefficient (Wildman–Crippen LogP) is 3.36. The molecular weight excluding hydrogens is 337 g/mol. The van der Waals surface area contributed by atoms with Gasteiger partial charge in [0, 0.05) is 19.1 Å². The molecule has 0 bridgehead atoms. The molecule has 1 N–H and O–H groups in total. The summed E-state index contributed by atoms with van der Waals surface area (Å²) in [6, 6.07) is 9.15. The molecule has 2 rings (SSSR count). The van der Waals surface area contributed by atoms with Crippen LogP contribution in [-0.2, 0) is 13.6 Å². The van der Waals surface area contributed by atoms with Crippen molar-refractivity contribution in [1.29, 1.82) is 0 Å². The largest absolute Gasteiger partial charge is 0.488 e. The Morgan fingerprint density at radius 1 is 1.43 bits per heavy atom. The molecule has 0 spiro atoms. The maximum Gasteiger partial charge on any atom is 0.269 e. The summed E-state index contributed by atoms with van der Waals surface area (Å²) in [6.07, 6.45) is 0. The number of carbonyl (C=O) groups excluding carboxylic acids is 1. The van der Waals surface area contributed by atoms with Gasteiger partial charge in [-0.15, -0.1) is 0 Å². The van der Waals surface area contributed by atoms with Crippen LogP contribution in [0.15, 0.2) is 40.9 Å². The standard InChI is InChI=1S/C16H17Cl2N3O2/c1-11-6-15(21(2)20-11)16(22)19-9-12-4-3-5-14(7-12)23-10-13(18)8-17/h3-8H,9-10H2,1-2H3,(H,19,22). The molecule has 0 unspecified atom stereocenters. The summed E-state index contributed by atoms with van der Waals surface area (Å²) in [5.41, 5.74) is 3.51. The predicted molar refractivity (Wildman–Crippen MR) is 90.8 cm³/mol. The summed E-state index contributed by atoms with van der Waals surface area (Å²) in [7, 11) is 1.74. The monoisotopic (exact) mass is 353 g/mol. The van der Waals surface area contributed by atoms with E-state index in [9.17, 15) is 4.79 Å². The van der Waals surface area contributed by atoms with Crippen LogP contribution in [0.1, 0.15) is 21.7 Å². The Morgan fingerprint density at radius 3 is 2.87 bits per heavy atom. The van der Waals surface area contributed by atoms with Crippen molar-refractivity contribution in [3.63, 3.8) is 0 Å². The molecule has 122 valence electrons. The van der Waals surface area contributed by atoms with Gasteiger partial charge in [0.1, 0.15) is 18.1 Å². The maximum absolute atomic E-state index is 12.1. The molecule has 5 nitrogen and oxygen atoms in total. The molecule has 0 aliphatic rings. The van der Waals surface area contributed by atoms with Gasteiger partial charge >= 0.3 is 0 Å². The molecule has 0 saturated heterocycles. The third-order valence-corrected chi connectivity index (χ3v) is 3.67.